The molecule has 0 saturated carbocycles. The zero-order valence-corrected chi connectivity index (χ0v) is 14.8. The molecule has 0 atom stereocenters. The van der Waals surface area contributed by atoms with Gasteiger partial charge in [-0.2, -0.15) is 0 Å². The zero-order valence-electron chi connectivity index (χ0n) is 14.8. The molecule has 0 heterocycles. The normalized spacial score (nSPS) is 11.6. The van der Waals surface area contributed by atoms with Gasteiger partial charge in [-0.3, -0.25) is 0 Å². The summed E-state index contributed by atoms with van der Waals surface area (Å²) in [6, 6.07) is 3.39. The van der Waals surface area contributed by atoms with E-state index in [9.17, 15) is 9.90 Å². The van der Waals surface area contributed by atoms with Gasteiger partial charge in [-0.05, 0) is 63.8 Å². The minimum Gasteiger partial charge on any atom is -0.504 e. The number of aromatic hydroxyl groups is 1. The number of ether oxygens (including phenoxy) is 1. The summed E-state index contributed by atoms with van der Waals surface area (Å²) in [7, 11) is 1.48. The molecule has 0 aliphatic rings. The SMILES string of the molecule is COc1cc(/C=C/C(=O)O)cc(C/C=C(\C)CCC=C(C)C)c1O. The number of allylic oxidation sites excluding steroid dienone is 4. The van der Waals surface area contributed by atoms with Crippen molar-refractivity contribution in [1.82, 2.24) is 0 Å². The molecule has 1 aromatic rings. The lowest BCUT2D eigenvalue weighted by atomic mass is 10.0. The van der Waals surface area contributed by atoms with Crippen molar-refractivity contribution in [2.24, 2.45) is 0 Å². The number of carbonyl (C=O) groups is 1. The van der Waals surface area contributed by atoms with Crippen LogP contribution in [0, 0.1) is 0 Å². The minimum atomic E-state index is -1.02. The van der Waals surface area contributed by atoms with Crippen molar-refractivity contribution in [2.75, 3.05) is 7.11 Å². The molecule has 0 amide bonds. The fourth-order valence-electron chi connectivity index (χ4n) is 2.24. The first-order valence-electron chi connectivity index (χ1n) is 7.93. The summed E-state index contributed by atoms with van der Waals surface area (Å²) in [6.07, 6.45) is 9.38. The van der Waals surface area contributed by atoms with Crippen molar-refractivity contribution < 1.29 is 19.7 Å². The van der Waals surface area contributed by atoms with E-state index in [1.54, 1.807) is 12.1 Å². The highest BCUT2D eigenvalue weighted by Gasteiger charge is 2.09. The third-order valence-corrected chi connectivity index (χ3v) is 3.58. The largest absolute Gasteiger partial charge is 0.504 e. The smallest absolute Gasteiger partial charge is 0.328 e. The number of benzene rings is 1. The molecule has 1 aromatic carbocycles. The first-order chi connectivity index (χ1) is 11.3. The number of carboxylic acid groups (broad SMARTS) is 1. The van der Waals surface area contributed by atoms with E-state index in [1.807, 2.05) is 0 Å². The molecule has 2 N–H and O–H groups in total. The lowest BCUT2D eigenvalue weighted by Crippen LogP contribution is -1.92. The fraction of sp³-hybridized carbons (Fsp3) is 0.350. The number of methoxy groups -OCH3 is 1. The molecule has 0 aromatic heterocycles. The fourth-order valence-corrected chi connectivity index (χ4v) is 2.24. The summed E-state index contributed by atoms with van der Waals surface area (Å²) in [4.78, 5) is 10.7. The van der Waals surface area contributed by atoms with E-state index >= 15 is 0 Å². The summed E-state index contributed by atoms with van der Waals surface area (Å²) < 4.78 is 5.17. The molecular formula is C20H26O4. The molecule has 0 aliphatic heterocycles. The third-order valence-electron chi connectivity index (χ3n) is 3.58. The summed E-state index contributed by atoms with van der Waals surface area (Å²) in [5.41, 5.74) is 3.94. The number of rotatable bonds is 8. The van der Waals surface area contributed by atoms with Crippen LogP contribution in [0.25, 0.3) is 6.08 Å². The van der Waals surface area contributed by atoms with Crippen LogP contribution < -0.4 is 4.74 Å². The Morgan fingerprint density at radius 1 is 1.21 bits per heavy atom. The maximum atomic E-state index is 10.7. The number of hydrogen-bond donors (Lipinski definition) is 2. The molecule has 4 nitrogen and oxygen atoms in total. The molecule has 24 heavy (non-hydrogen) atoms. The van der Waals surface area contributed by atoms with Crippen LogP contribution >= 0.6 is 0 Å². The van der Waals surface area contributed by atoms with E-state index in [1.165, 1.54) is 24.3 Å². The molecule has 130 valence electrons. The average molecular weight is 330 g/mol. The molecule has 0 saturated heterocycles. The van der Waals surface area contributed by atoms with Crippen molar-refractivity contribution in [2.45, 2.75) is 40.0 Å². The Hall–Kier alpha value is -2.49. The number of aliphatic carboxylic acids is 1. The topological polar surface area (TPSA) is 66.8 Å². The molecule has 0 aliphatic carbocycles. The van der Waals surface area contributed by atoms with Gasteiger partial charge in [-0.15, -0.1) is 0 Å². The number of hydrogen-bond acceptors (Lipinski definition) is 3. The molecule has 0 bridgehead atoms. The van der Waals surface area contributed by atoms with Crippen LogP contribution in [0.15, 0.2) is 41.5 Å². The predicted molar refractivity (Wildman–Crippen MR) is 97.5 cm³/mol. The molecule has 0 fully saturated rings. The Balaban J connectivity index is 2.95. The number of phenolic OH excluding ortho intramolecular Hbond substituents is 1. The Morgan fingerprint density at radius 2 is 1.92 bits per heavy atom. The second kappa shape index (κ2) is 9.60. The molecule has 0 radical (unpaired) electrons. The summed E-state index contributed by atoms with van der Waals surface area (Å²) in [6.45, 7) is 6.24. The van der Waals surface area contributed by atoms with E-state index in [2.05, 4.69) is 32.9 Å². The van der Waals surface area contributed by atoms with Gasteiger partial charge >= 0.3 is 5.97 Å². The molecule has 4 heteroatoms. The van der Waals surface area contributed by atoms with Crippen LogP contribution in [0.5, 0.6) is 11.5 Å². The van der Waals surface area contributed by atoms with Gasteiger partial charge in [0.05, 0.1) is 7.11 Å². The Kier molecular flexibility index (Phi) is 7.83. The lowest BCUT2D eigenvalue weighted by molar-refractivity contribution is -0.131. The first kappa shape index (κ1) is 19.6. The van der Waals surface area contributed by atoms with E-state index in [-0.39, 0.29) is 5.75 Å². The third kappa shape index (κ3) is 6.73. The maximum absolute atomic E-state index is 10.7. The molecule has 0 spiro atoms. The minimum absolute atomic E-state index is 0.0957. The van der Waals surface area contributed by atoms with Crippen LogP contribution in [0.2, 0.25) is 0 Å². The van der Waals surface area contributed by atoms with E-state index < -0.39 is 5.97 Å². The van der Waals surface area contributed by atoms with Gasteiger partial charge < -0.3 is 14.9 Å². The quantitative estimate of drug-likeness (QED) is 0.534. The second-order valence-electron chi connectivity index (χ2n) is 5.98. The van der Waals surface area contributed by atoms with Gasteiger partial charge in [0.15, 0.2) is 11.5 Å². The van der Waals surface area contributed by atoms with Gasteiger partial charge in [0.25, 0.3) is 0 Å². The van der Waals surface area contributed by atoms with Crippen LogP contribution in [0.1, 0.15) is 44.7 Å². The van der Waals surface area contributed by atoms with Crippen LogP contribution in [0.3, 0.4) is 0 Å². The van der Waals surface area contributed by atoms with Gasteiger partial charge in [0.1, 0.15) is 0 Å². The van der Waals surface area contributed by atoms with Gasteiger partial charge in [-0.1, -0.05) is 23.3 Å². The van der Waals surface area contributed by atoms with Crippen LogP contribution in [-0.4, -0.2) is 23.3 Å². The molecule has 1 rings (SSSR count). The monoisotopic (exact) mass is 330 g/mol. The Bertz CT molecular complexity index is 662. The standard InChI is InChI=1S/C20H26O4/c1-14(2)6-5-7-15(3)8-10-17-12-16(9-11-19(21)22)13-18(24-4)20(17)23/h6,8-9,11-13,23H,5,7,10H2,1-4H3,(H,21,22)/b11-9+,15-8+. The molecular weight excluding hydrogens is 304 g/mol. The Labute approximate surface area is 143 Å². The second-order valence-corrected chi connectivity index (χ2v) is 5.98. The average Bonchev–Trinajstić information content (AvgIpc) is 2.52. The maximum Gasteiger partial charge on any atom is 0.328 e. The highest BCUT2D eigenvalue weighted by atomic mass is 16.5. The van der Waals surface area contributed by atoms with Crippen molar-refractivity contribution in [3.63, 3.8) is 0 Å². The highest BCUT2D eigenvalue weighted by molar-refractivity contribution is 5.85. The molecule has 0 unspecified atom stereocenters. The van der Waals surface area contributed by atoms with Gasteiger partial charge in [0, 0.05) is 11.6 Å². The van der Waals surface area contributed by atoms with E-state index in [0.717, 1.165) is 18.9 Å². The van der Waals surface area contributed by atoms with Gasteiger partial charge in [0.2, 0.25) is 0 Å². The summed E-state index contributed by atoms with van der Waals surface area (Å²) >= 11 is 0. The highest BCUT2D eigenvalue weighted by Crippen LogP contribution is 2.32. The lowest BCUT2D eigenvalue weighted by Gasteiger charge is -2.10. The van der Waals surface area contributed by atoms with Crippen LogP contribution in [0.4, 0.5) is 0 Å². The van der Waals surface area contributed by atoms with Crippen LogP contribution in [-0.2, 0) is 11.2 Å². The van der Waals surface area contributed by atoms with Crippen molar-refractivity contribution in [3.05, 3.63) is 52.6 Å². The van der Waals surface area contributed by atoms with Crippen molar-refractivity contribution in [1.29, 1.82) is 0 Å². The zero-order chi connectivity index (χ0) is 18.1. The van der Waals surface area contributed by atoms with Crippen molar-refractivity contribution in [3.8, 4) is 11.5 Å². The Morgan fingerprint density at radius 3 is 2.50 bits per heavy atom. The van der Waals surface area contributed by atoms with E-state index in [4.69, 9.17) is 9.84 Å². The number of carboxylic acids is 1. The number of phenols is 1. The summed E-state index contributed by atoms with van der Waals surface area (Å²) in [5, 5.41) is 19.0. The first-order valence-corrected chi connectivity index (χ1v) is 7.93. The summed E-state index contributed by atoms with van der Waals surface area (Å²) in [5.74, 6) is -0.579. The van der Waals surface area contributed by atoms with Gasteiger partial charge in [-0.25, -0.2) is 4.79 Å². The van der Waals surface area contributed by atoms with E-state index in [0.29, 0.717) is 23.3 Å². The van der Waals surface area contributed by atoms with Crippen molar-refractivity contribution >= 4 is 12.0 Å². The predicted octanol–water partition coefficient (Wildman–Crippen LogP) is 4.73.